The van der Waals surface area contributed by atoms with Crippen molar-refractivity contribution in [2.75, 3.05) is 5.32 Å². The van der Waals surface area contributed by atoms with Gasteiger partial charge in [0, 0.05) is 16.0 Å². The van der Waals surface area contributed by atoms with Crippen molar-refractivity contribution in [3.63, 3.8) is 0 Å². The average Bonchev–Trinajstić information content (AvgIpc) is 3.36. The highest BCUT2D eigenvalue weighted by Crippen LogP contribution is 2.32. The first-order valence-electron chi connectivity index (χ1n) is 8.67. The Labute approximate surface area is 184 Å². The number of anilines is 1. The molecule has 0 aliphatic carbocycles. The molecule has 0 bridgehead atoms. The molecule has 2 aromatic heterocycles. The maximum absolute atomic E-state index is 12.4. The Bertz CT molecular complexity index is 1250. The monoisotopic (exact) mass is 461 g/mol. The van der Waals surface area contributed by atoms with Crippen LogP contribution >= 0.6 is 34.5 Å². The van der Waals surface area contributed by atoms with Gasteiger partial charge in [0.05, 0.1) is 16.3 Å². The molecule has 1 amide bonds. The molecule has 0 aliphatic rings. The van der Waals surface area contributed by atoms with E-state index >= 15 is 0 Å². The maximum Gasteiger partial charge on any atom is 0.339 e. The molecule has 7 nitrogen and oxygen atoms in total. The molecular formula is C20H13Cl2N3O4S. The number of rotatable bonds is 5. The third-order valence-electron chi connectivity index (χ3n) is 4.16. The molecule has 0 fully saturated rings. The summed E-state index contributed by atoms with van der Waals surface area (Å²) in [6.07, 6.45) is 0.254. The van der Waals surface area contributed by atoms with E-state index in [1.54, 1.807) is 35.7 Å². The van der Waals surface area contributed by atoms with E-state index in [1.807, 2.05) is 0 Å². The van der Waals surface area contributed by atoms with Crippen LogP contribution in [0.5, 0.6) is 0 Å². The predicted molar refractivity (Wildman–Crippen MR) is 115 cm³/mol. The maximum atomic E-state index is 12.4. The van der Waals surface area contributed by atoms with Gasteiger partial charge in [-0.2, -0.15) is 0 Å². The lowest BCUT2D eigenvalue weighted by molar-refractivity contribution is -0.123. The number of halogens is 2. The summed E-state index contributed by atoms with van der Waals surface area (Å²) in [6.45, 7) is 1.48. The van der Waals surface area contributed by atoms with Gasteiger partial charge in [-0.05, 0) is 43.3 Å². The Morgan fingerprint density at radius 1 is 1.20 bits per heavy atom. The second-order valence-corrected chi connectivity index (χ2v) is 7.94. The Hall–Kier alpha value is -2.94. The molecular weight excluding hydrogens is 449 g/mol. The van der Waals surface area contributed by atoms with Gasteiger partial charge in [0.2, 0.25) is 0 Å². The molecule has 152 valence electrons. The molecule has 1 atom stereocenters. The minimum absolute atomic E-state index is 0.257. The van der Waals surface area contributed by atoms with Crippen molar-refractivity contribution < 1.29 is 18.7 Å². The number of carbonyl (C=O) groups is 2. The fourth-order valence-electron chi connectivity index (χ4n) is 2.62. The van der Waals surface area contributed by atoms with Crippen molar-refractivity contribution in [3.8, 4) is 11.3 Å². The van der Waals surface area contributed by atoms with Gasteiger partial charge in [-0.1, -0.05) is 23.2 Å². The third-order valence-corrected chi connectivity index (χ3v) is 5.47. The number of nitrogens with zero attached hydrogens (tertiary/aromatic N) is 2. The third kappa shape index (κ3) is 4.30. The molecule has 0 aliphatic heterocycles. The normalized spacial score (nSPS) is 12.0. The number of carbonyl (C=O) groups excluding carboxylic acids is 2. The largest absolute Gasteiger partial charge is 0.449 e. The number of hydrogen-bond acceptors (Lipinski definition) is 7. The predicted octanol–water partition coefficient (Wildman–Crippen LogP) is 5.44. The van der Waals surface area contributed by atoms with Gasteiger partial charge < -0.3 is 9.15 Å². The van der Waals surface area contributed by atoms with E-state index in [-0.39, 0.29) is 5.56 Å². The van der Waals surface area contributed by atoms with Gasteiger partial charge in [-0.15, -0.1) is 11.3 Å². The average molecular weight is 462 g/mol. The molecule has 1 N–H and O–H groups in total. The van der Waals surface area contributed by atoms with Crippen LogP contribution in [0.2, 0.25) is 10.0 Å². The first kappa shape index (κ1) is 20.3. The van der Waals surface area contributed by atoms with Crippen LogP contribution in [0.25, 0.3) is 22.4 Å². The number of oxazole rings is 1. The number of aromatic nitrogens is 2. The van der Waals surface area contributed by atoms with Gasteiger partial charge in [-0.3, -0.25) is 10.1 Å². The van der Waals surface area contributed by atoms with Gasteiger partial charge in [0.1, 0.15) is 5.52 Å². The molecule has 0 radical (unpaired) electrons. The summed E-state index contributed by atoms with van der Waals surface area (Å²) >= 11 is 13.3. The zero-order valence-electron chi connectivity index (χ0n) is 15.4. The van der Waals surface area contributed by atoms with E-state index in [1.165, 1.54) is 30.7 Å². The minimum atomic E-state index is -1.03. The van der Waals surface area contributed by atoms with Gasteiger partial charge in [0.25, 0.3) is 5.91 Å². The summed E-state index contributed by atoms with van der Waals surface area (Å²) in [5.41, 5.74) is 2.63. The van der Waals surface area contributed by atoms with Crippen LogP contribution in [-0.2, 0) is 9.53 Å². The summed E-state index contributed by atoms with van der Waals surface area (Å²) in [7, 11) is 0. The first-order chi connectivity index (χ1) is 14.4. The molecule has 1 unspecified atom stereocenters. The van der Waals surface area contributed by atoms with Crippen LogP contribution in [-0.4, -0.2) is 27.9 Å². The van der Waals surface area contributed by atoms with Crippen molar-refractivity contribution in [2.24, 2.45) is 0 Å². The van der Waals surface area contributed by atoms with Gasteiger partial charge >= 0.3 is 5.97 Å². The molecule has 30 heavy (non-hydrogen) atoms. The van der Waals surface area contributed by atoms with E-state index in [2.05, 4.69) is 15.3 Å². The van der Waals surface area contributed by atoms with Crippen molar-refractivity contribution in [1.82, 2.24) is 9.97 Å². The zero-order valence-corrected chi connectivity index (χ0v) is 17.7. The second kappa shape index (κ2) is 8.43. The van der Waals surface area contributed by atoms with Crippen LogP contribution in [0.1, 0.15) is 17.3 Å². The number of ether oxygens (including phenoxy) is 1. The van der Waals surface area contributed by atoms with Crippen LogP contribution in [0.15, 0.2) is 52.6 Å². The summed E-state index contributed by atoms with van der Waals surface area (Å²) < 4.78 is 10.4. The standard InChI is InChI=1S/C20H13Cl2N3O4S/c1-10(29-19(27)11-2-5-15-17(6-11)28-9-23-15)18(26)25-20-24-16(8-30-20)13-4-3-12(21)7-14(13)22/h2-10H,1H3,(H,24,25,26). The van der Waals surface area contributed by atoms with E-state index in [0.717, 1.165) is 0 Å². The molecule has 0 spiro atoms. The Kier molecular flexibility index (Phi) is 5.72. The van der Waals surface area contributed by atoms with E-state index < -0.39 is 18.0 Å². The lowest BCUT2D eigenvalue weighted by atomic mass is 10.2. The van der Waals surface area contributed by atoms with Crippen molar-refractivity contribution in [3.05, 3.63) is 63.8 Å². The number of hydrogen-bond donors (Lipinski definition) is 1. The molecule has 2 heterocycles. The van der Waals surface area contributed by atoms with Crippen molar-refractivity contribution >= 4 is 62.6 Å². The van der Waals surface area contributed by atoms with Gasteiger partial charge in [-0.25, -0.2) is 14.8 Å². The fraction of sp³-hybridized carbons (Fsp3) is 0.100. The highest BCUT2D eigenvalue weighted by atomic mass is 35.5. The van der Waals surface area contributed by atoms with E-state index in [4.69, 9.17) is 32.4 Å². The number of esters is 1. The summed E-state index contributed by atoms with van der Waals surface area (Å²) in [5, 5.41) is 5.72. The highest BCUT2D eigenvalue weighted by molar-refractivity contribution is 7.14. The van der Waals surface area contributed by atoms with Crippen LogP contribution < -0.4 is 5.32 Å². The number of thiazole rings is 1. The lowest BCUT2D eigenvalue weighted by Crippen LogP contribution is -2.29. The SMILES string of the molecule is CC(OC(=O)c1ccc2ncoc2c1)C(=O)Nc1nc(-c2ccc(Cl)cc2Cl)cs1. The highest BCUT2D eigenvalue weighted by Gasteiger charge is 2.21. The van der Waals surface area contributed by atoms with Gasteiger partial charge in [0.15, 0.2) is 23.2 Å². The molecule has 4 rings (SSSR count). The number of nitrogens with one attached hydrogen (secondary N) is 1. The van der Waals surface area contributed by atoms with E-state index in [9.17, 15) is 9.59 Å². The summed E-state index contributed by atoms with van der Waals surface area (Å²) in [6, 6.07) is 9.78. The smallest absolute Gasteiger partial charge is 0.339 e. The van der Waals surface area contributed by atoms with Crippen LogP contribution in [0.4, 0.5) is 5.13 Å². The molecule has 4 aromatic rings. The van der Waals surface area contributed by atoms with Crippen LogP contribution in [0, 0.1) is 0 Å². The molecule has 10 heteroatoms. The Balaban J connectivity index is 1.41. The fourth-order valence-corrected chi connectivity index (χ4v) is 3.84. The summed E-state index contributed by atoms with van der Waals surface area (Å²) in [5.74, 6) is -1.16. The first-order valence-corrected chi connectivity index (χ1v) is 10.3. The topological polar surface area (TPSA) is 94.3 Å². The van der Waals surface area contributed by atoms with Crippen molar-refractivity contribution in [1.29, 1.82) is 0 Å². The summed E-state index contributed by atoms with van der Waals surface area (Å²) in [4.78, 5) is 33.1. The molecule has 2 aromatic carbocycles. The number of fused-ring (bicyclic) bond motifs is 1. The Morgan fingerprint density at radius 3 is 2.83 bits per heavy atom. The number of amides is 1. The molecule has 0 saturated carbocycles. The van der Waals surface area contributed by atoms with Crippen molar-refractivity contribution in [2.45, 2.75) is 13.0 Å². The van der Waals surface area contributed by atoms with Crippen LogP contribution in [0.3, 0.4) is 0 Å². The van der Waals surface area contributed by atoms with E-state index in [0.29, 0.717) is 37.5 Å². The quantitative estimate of drug-likeness (QED) is 0.397. The molecule has 0 saturated heterocycles. The lowest BCUT2D eigenvalue weighted by Gasteiger charge is -2.12. The number of benzene rings is 2. The zero-order chi connectivity index (χ0) is 21.3. The minimum Gasteiger partial charge on any atom is -0.449 e. The Morgan fingerprint density at radius 2 is 2.03 bits per heavy atom. The second-order valence-electron chi connectivity index (χ2n) is 6.23.